The molecule has 0 spiro atoms. The van der Waals surface area contributed by atoms with E-state index in [1.54, 1.807) is 14.2 Å². The molecule has 1 heterocycles. The maximum atomic E-state index is 11.9. The van der Waals surface area contributed by atoms with E-state index in [9.17, 15) is 4.79 Å². The van der Waals surface area contributed by atoms with E-state index in [0.29, 0.717) is 18.0 Å². The van der Waals surface area contributed by atoms with Crippen LogP contribution in [0.1, 0.15) is 25.3 Å². The first-order valence-electron chi connectivity index (χ1n) is 8.01. The molecule has 1 aliphatic heterocycles. The molecule has 6 nitrogen and oxygen atoms in total. The number of hydrogen-bond acceptors (Lipinski definition) is 4. The molecule has 2 N–H and O–H groups in total. The normalized spacial score (nSPS) is 18.3. The number of methoxy groups -OCH3 is 2. The minimum atomic E-state index is -0.159. The van der Waals surface area contributed by atoms with Crippen LogP contribution in [0, 0.1) is 0 Å². The van der Waals surface area contributed by atoms with Crippen molar-refractivity contribution in [2.45, 2.75) is 38.3 Å². The first-order valence-corrected chi connectivity index (χ1v) is 8.01. The second-order valence-corrected chi connectivity index (χ2v) is 5.68. The van der Waals surface area contributed by atoms with E-state index in [-0.39, 0.29) is 18.2 Å². The third kappa shape index (κ3) is 5.03. The number of ether oxygens (including phenoxy) is 3. The van der Waals surface area contributed by atoms with Gasteiger partial charge in [-0.15, -0.1) is 0 Å². The first-order chi connectivity index (χ1) is 11.1. The largest absolute Gasteiger partial charge is 0.493 e. The zero-order valence-corrected chi connectivity index (χ0v) is 14.1. The van der Waals surface area contributed by atoms with E-state index in [1.165, 1.54) is 0 Å². The molecule has 128 valence electrons. The topological polar surface area (TPSA) is 68.8 Å². The molecule has 23 heavy (non-hydrogen) atoms. The summed E-state index contributed by atoms with van der Waals surface area (Å²) in [7, 11) is 3.22. The Morgan fingerprint density at radius 2 is 2.13 bits per heavy atom. The Morgan fingerprint density at radius 3 is 2.78 bits per heavy atom. The van der Waals surface area contributed by atoms with Gasteiger partial charge in [0.1, 0.15) is 0 Å². The summed E-state index contributed by atoms with van der Waals surface area (Å²) in [6.07, 6.45) is 2.93. The average Bonchev–Trinajstić information content (AvgIpc) is 3.09. The Labute approximate surface area is 137 Å². The van der Waals surface area contributed by atoms with Gasteiger partial charge in [0.05, 0.1) is 26.4 Å². The van der Waals surface area contributed by atoms with Crippen LogP contribution >= 0.6 is 0 Å². The smallest absolute Gasteiger partial charge is 0.315 e. The molecule has 0 aromatic heterocycles. The Morgan fingerprint density at radius 1 is 1.35 bits per heavy atom. The van der Waals surface area contributed by atoms with Crippen molar-refractivity contribution in [3.05, 3.63) is 23.8 Å². The maximum absolute atomic E-state index is 11.9. The number of benzene rings is 1. The highest BCUT2D eigenvalue weighted by Gasteiger charge is 2.23. The summed E-state index contributed by atoms with van der Waals surface area (Å²) >= 11 is 0. The van der Waals surface area contributed by atoms with Crippen LogP contribution in [0.15, 0.2) is 18.2 Å². The molecule has 2 atom stereocenters. The second kappa shape index (κ2) is 8.62. The maximum Gasteiger partial charge on any atom is 0.315 e. The lowest BCUT2D eigenvalue weighted by atomic mass is 10.1. The third-order valence-corrected chi connectivity index (χ3v) is 4.03. The van der Waals surface area contributed by atoms with Gasteiger partial charge in [-0.05, 0) is 43.9 Å². The quantitative estimate of drug-likeness (QED) is 0.807. The van der Waals surface area contributed by atoms with E-state index in [4.69, 9.17) is 14.2 Å². The van der Waals surface area contributed by atoms with Gasteiger partial charge in [0.2, 0.25) is 0 Å². The van der Waals surface area contributed by atoms with Crippen molar-refractivity contribution < 1.29 is 19.0 Å². The van der Waals surface area contributed by atoms with Crippen LogP contribution in [0.25, 0.3) is 0 Å². The number of nitrogens with one attached hydrogen (secondary N) is 2. The Hall–Kier alpha value is -1.95. The van der Waals surface area contributed by atoms with Crippen molar-refractivity contribution in [2.75, 3.05) is 27.4 Å². The van der Waals surface area contributed by atoms with Crippen molar-refractivity contribution in [1.29, 1.82) is 0 Å². The van der Waals surface area contributed by atoms with Gasteiger partial charge in [-0.25, -0.2) is 4.79 Å². The predicted octanol–water partition coefficient (Wildman–Crippen LogP) is 2.11. The molecule has 1 aromatic carbocycles. The molecule has 1 saturated heterocycles. The van der Waals surface area contributed by atoms with Crippen molar-refractivity contribution in [3.8, 4) is 11.5 Å². The zero-order chi connectivity index (χ0) is 16.7. The standard InChI is InChI=1S/C17H26N2O4/c1-12(14-5-4-10-23-14)19-17(20)18-9-8-13-6-7-15(21-2)16(11-13)22-3/h6-7,11-12,14H,4-5,8-10H2,1-3H3,(H2,18,19,20)/t12-,14+/m1/s1. The zero-order valence-electron chi connectivity index (χ0n) is 14.1. The van der Waals surface area contributed by atoms with Gasteiger partial charge in [0.15, 0.2) is 11.5 Å². The first kappa shape index (κ1) is 17.4. The van der Waals surface area contributed by atoms with Crippen LogP contribution in [-0.2, 0) is 11.2 Å². The van der Waals surface area contributed by atoms with Crippen LogP contribution in [0.5, 0.6) is 11.5 Å². The molecule has 1 aromatic rings. The van der Waals surface area contributed by atoms with Gasteiger partial charge >= 0.3 is 6.03 Å². The number of carbonyl (C=O) groups excluding carboxylic acids is 1. The lowest BCUT2D eigenvalue weighted by Crippen LogP contribution is -2.46. The van der Waals surface area contributed by atoms with E-state index in [1.807, 2.05) is 25.1 Å². The summed E-state index contributed by atoms with van der Waals surface area (Å²) in [6, 6.07) is 5.63. The van der Waals surface area contributed by atoms with Crippen LogP contribution in [0.4, 0.5) is 4.79 Å². The average molecular weight is 322 g/mol. The van der Waals surface area contributed by atoms with Crippen LogP contribution < -0.4 is 20.1 Å². The summed E-state index contributed by atoms with van der Waals surface area (Å²) in [5.41, 5.74) is 1.08. The fourth-order valence-corrected chi connectivity index (χ4v) is 2.70. The molecule has 0 saturated carbocycles. The highest BCUT2D eigenvalue weighted by atomic mass is 16.5. The molecule has 0 radical (unpaired) electrons. The number of rotatable bonds is 7. The summed E-state index contributed by atoms with van der Waals surface area (Å²) in [5, 5.41) is 5.80. The van der Waals surface area contributed by atoms with E-state index in [0.717, 1.165) is 31.4 Å². The molecule has 6 heteroatoms. The van der Waals surface area contributed by atoms with E-state index in [2.05, 4.69) is 10.6 Å². The number of carbonyl (C=O) groups is 1. The van der Waals surface area contributed by atoms with Gasteiger partial charge in [-0.3, -0.25) is 0 Å². The SMILES string of the molecule is COc1ccc(CCNC(=O)N[C@H](C)[C@@H]2CCCO2)cc1OC. The van der Waals surface area contributed by atoms with Gasteiger partial charge in [0, 0.05) is 13.2 Å². The molecular weight excluding hydrogens is 296 g/mol. The molecule has 1 aliphatic rings. The number of hydrogen-bond donors (Lipinski definition) is 2. The van der Waals surface area contributed by atoms with Gasteiger partial charge in [-0.1, -0.05) is 6.07 Å². The lowest BCUT2D eigenvalue weighted by Gasteiger charge is -2.20. The Bertz CT molecular complexity index is 515. The van der Waals surface area contributed by atoms with Crippen molar-refractivity contribution >= 4 is 6.03 Å². The molecule has 2 rings (SSSR count). The van der Waals surface area contributed by atoms with Crippen molar-refractivity contribution in [1.82, 2.24) is 10.6 Å². The van der Waals surface area contributed by atoms with Crippen LogP contribution in [0.3, 0.4) is 0 Å². The molecule has 0 aliphatic carbocycles. The van der Waals surface area contributed by atoms with Crippen molar-refractivity contribution in [2.24, 2.45) is 0 Å². The molecule has 2 amide bonds. The second-order valence-electron chi connectivity index (χ2n) is 5.68. The summed E-state index contributed by atoms with van der Waals surface area (Å²) in [5.74, 6) is 1.40. The molecule has 1 fully saturated rings. The minimum Gasteiger partial charge on any atom is -0.493 e. The predicted molar refractivity (Wildman–Crippen MR) is 88.2 cm³/mol. The Balaban J connectivity index is 1.74. The molecule has 0 unspecified atom stereocenters. The highest BCUT2D eigenvalue weighted by molar-refractivity contribution is 5.74. The van der Waals surface area contributed by atoms with Gasteiger partial charge < -0.3 is 24.8 Å². The molecule has 0 bridgehead atoms. The van der Waals surface area contributed by atoms with Crippen molar-refractivity contribution in [3.63, 3.8) is 0 Å². The summed E-state index contributed by atoms with van der Waals surface area (Å²) in [6.45, 7) is 3.32. The monoisotopic (exact) mass is 322 g/mol. The number of urea groups is 1. The van der Waals surface area contributed by atoms with E-state index >= 15 is 0 Å². The third-order valence-electron chi connectivity index (χ3n) is 4.03. The Kier molecular flexibility index (Phi) is 6.52. The summed E-state index contributed by atoms with van der Waals surface area (Å²) < 4.78 is 16.1. The summed E-state index contributed by atoms with van der Waals surface area (Å²) in [4.78, 5) is 11.9. The lowest BCUT2D eigenvalue weighted by molar-refractivity contribution is 0.0860. The van der Waals surface area contributed by atoms with Crippen LogP contribution in [-0.4, -0.2) is 45.5 Å². The van der Waals surface area contributed by atoms with E-state index < -0.39 is 0 Å². The molecular formula is C17H26N2O4. The van der Waals surface area contributed by atoms with Gasteiger partial charge in [0.25, 0.3) is 0 Å². The fourth-order valence-electron chi connectivity index (χ4n) is 2.70. The van der Waals surface area contributed by atoms with Crippen LogP contribution in [0.2, 0.25) is 0 Å². The fraction of sp³-hybridized carbons (Fsp3) is 0.588. The van der Waals surface area contributed by atoms with Gasteiger partial charge in [-0.2, -0.15) is 0 Å². The minimum absolute atomic E-state index is 0.0265. The highest BCUT2D eigenvalue weighted by Crippen LogP contribution is 2.27. The number of amides is 2.